The zero-order chi connectivity index (χ0) is 20.9. The first-order chi connectivity index (χ1) is 14.6. The lowest BCUT2D eigenvalue weighted by atomic mass is 10.0. The van der Waals surface area contributed by atoms with Gasteiger partial charge in [0.25, 0.3) is 0 Å². The Kier molecular flexibility index (Phi) is 6.39. The zero-order valence-electron chi connectivity index (χ0n) is 17.9. The van der Waals surface area contributed by atoms with E-state index in [1.54, 1.807) is 0 Å². The van der Waals surface area contributed by atoms with E-state index < -0.39 is 0 Å². The highest BCUT2D eigenvalue weighted by Crippen LogP contribution is 2.43. The van der Waals surface area contributed by atoms with Gasteiger partial charge in [-0.05, 0) is 62.3 Å². The van der Waals surface area contributed by atoms with Gasteiger partial charge in [0.2, 0.25) is 0 Å². The van der Waals surface area contributed by atoms with Crippen molar-refractivity contribution in [3.63, 3.8) is 0 Å². The standard InChI is InChI=1S/C27H32N2O/c1-19-7-11-21(12-8-19)17-24(18-30)28-25-5-3-4-6-26(25)29-27(23-15-16-23)22-13-9-20(2)10-14-22/h3-14,23-24,27-30H,15-18H2,1-2H3. The molecule has 3 aromatic carbocycles. The van der Waals surface area contributed by atoms with Gasteiger partial charge in [-0.1, -0.05) is 71.8 Å². The summed E-state index contributed by atoms with van der Waals surface area (Å²) in [6, 6.07) is 26.0. The van der Waals surface area contributed by atoms with Crippen LogP contribution in [0.4, 0.5) is 11.4 Å². The van der Waals surface area contributed by atoms with Crippen LogP contribution in [-0.4, -0.2) is 17.8 Å². The Balaban J connectivity index is 1.51. The third-order valence-corrected chi connectivity index (χ3v) is 5.95. The third-order valence-electron chi connectivity index (χ3n) is 5.95. The molecule has 3 heteroatoms. The average molecular weight is 401 g/mol. The van der Waals surface area contributed by atoms with Gasteiger partial charge in [-0.2, -0.15) is 0 Å². The molecule has 0 spiro atoms. The van der Waals surface area contributed by atoms with Crippen molar-refractivity contribution in [1.29, 1.82) is 0 Å². The van der Waals surface area contributed by atoms with Crippen LogP contribution in [0, 0.1) is 19.8 Å². The fraction of sp³-hybridized carbons (Fsp3) is 0.333. The molecule has 3 aromatic rings. The Morgan fingerprint density at radius 1 is 0.800 bits per heavy atom. The van der Waals surface area contributed by atoms with Gasteiger partial charge < -0.3 is 15.7 Å². The van der Waals surface area contributed by atoms with Gasteiger partial charge >= 0.3 is 0 Å². The minimum absolute atomic E-state index is 0.0330. The highest BCUT2D eigenvalue weighted by Gasteiger charge is 2.32. The number of aryl methyl sites for hydroxylation is 2. The molecule has 1 fully saturated rings. The summed E-state index contributed by atoms with van der Waals surface area (Å²) < 4.78 is 0. The summed E-state index contributed by atoms with van der Waals surface area (Å²) in [5.41, 5.74) is 7.25. The van der Waals surface area contributed by atoms with Crippen LogP contribution in [0.2, 0.25) is 0 Å². The number of aliphatic hydroxyl groups is 1. The van der Waals surface area contributed by atoms with Gasteiger partial charge in [-0.3, -0.25) is 0 Å². The predicted octanol–water partition coefficient (Wildman–Crippen LogP) is 5.88. The summed E-state index contributed by atoms with van der Waals surface area (Å²) in [6.07, 6.45) is 3.33. The molecule has 2 atom stereocenters. The molecule has 0 aliphatic heterocycles. The van der Waals surface area contributed by atoms with Gasteiger partial charge in [0.1, 0.15) is 0 Å². The molecule has 2 unspecified atom stereocenters. The van der Waals surface area contributed by atoms with Crippen molar-refractivity contribution in [3.05, 3.63) is 95.1 Å². The van der Waals surface area contributed by atoms with Gasteiger partial charge in [0.15, 0.2) is 0 Å². The Bertz CT molecular complexity index is 945. The van der Waals surface area contributed by atoms with E-state index in [4.69, 9.17) is 0 Å². The number of aliphatic hydroxyl groups excluding tert-OH is 1. The van der Waals surface area contributed by atoms with E-state index >= 15 is 0 Å². The largest absolute Gasteiger partial charge is 0.394 e. The lowest BCUT2D eigenvalue weighted by molar-refractivity contribution is 0.274. The first-order valence-electron chi connectivity index (χ1n) is 11.0. The average Bonchev–Trinajstić information content (AvgIpc) is 3.60. The highest BCUT2D eigenvalue weighted by atomic mass is 16.3. The first kappa shape index (κ1) is 20.5. The van der Waals surface area contributed by atoms with E-state index in [1.807, 2.05) is 6.07 Å². The van der Waals surface area contributed by atoms with E-state index in [0.717, 1.165) is 17.8 Å². The normalized spacial score (nSPS) is 15.4. The molecule has 4 rings (SSSR count). The summed E-state index contributed by atoms with van der Waals surface area (Å²) in [5.74, 6) is 0.682. The molecule has 0 radical (unpaired) electrons. The van der Waals surface area contributed by atoms with Crippen LogP contribution in [-0.2, 0) is 6.42 Å². The fourth-order valence-corrected chi connectivity index (χ4v) is 3.97. The predicted molar refractivity (Wildman–Crippen MR) is 126 cm³/mol. The van der Waals surface area contributed by atoms with Crippen LogP contribution in [0.15, 0.2) is 72.8 Å². The van der Waals surface area contributed by atoms with E-state index in [9.17, 15) is 5.11 Å². The summed E-state index contributed by atoms with van der Waals surface area (Å²) in [5, 5.41) is 17.4. The molecular formula is C27H32N2O. The molecule has 1 aliphatic carbocycles. The number of hydrogen-bond donors (Lipinski definition) is 3. The second-order valence-electron chi connectivity index (χ2n) is 8.63. The first-order valence-corrected chi connectivity index (χ1v) is 11.0. The fourth-order valence-electron chi connectivity index (χ4n) is 3.97. The molecule has 1 saturated carbocycles. The van der Waals surface area contributed by atoms with E-state index in [1.165, 1.54) is 35.1 Å². The Morgan fingerprint density at radius 2 is 1.37 bits per heavy atom. The zero-order valence-corrected chi connectivity index (χ0v) is 17.9. The number of benzene rings is 3. The van der Waals surface area contributed by atoms with Crippen LogP contribution in [0.3, 0.4) is 0 Å². The van der Waals surface area contributed by atoms with Crippen molar-refractivity contribution in [3.8, 4) is 0 Å². The number of anilines is 2. The number of para-hydroxylation sites is 2. The van der Waals surface area contributed by atoms with E-state index in [2.05, 4.69) is 91.2 Å². The van der Waals surface area contributed by atoms with Gasteiger partial charge in [0, 0.05) is 0 Å². The van der Waals surface area contributed by atoms with Crippen LogP contribution in [0.1, 0.15) is 41.1 Å². The molecule has 3 nitrogen and oxygen atoms in total. The van der Waals surface area contributed by atoms with Crippen LogP contribution < -0.4 is 10.6 Å². The topological polar surface area (TPSA) is 44.3 Å². The highest BCUT2D eigenvalue weighted by molar-refractivity contribution is 5.69. The molecule has 3 N–H and O–H groups in total. The van der Waals surface area contributed by atoms with E-state index in [-0.39, 0.29) is 12.6 Å². The molecule has 156 valence electrons. The maximum Gasteiger partial charge on any atom is 0.0636 e. The monoisotopic (exact) mass is 400 g/mol. The smallest absolute Gasteiger partial charge is 0.0636 e. The lowest BCUT2D eigenvalue weighted by Crippen LogP contribution is -2.27. The molecular weight excluding hydrogens is 368 g/mol. The number of rotatable bonds is 9. The third kappa shape index (κ3) is 5.22. The van der Waals surface area contributed by atoms with Crippen molar-refractivity contribution < 1.29 is 5.11 Å². The minimum atomic E-state index is -0.0330. The van der Waals surface area contributed by atoms with Crippen LogP contribution in [0.25, 0.3) is 0 Å². The van der Waals surface area contributed by atoms with Crippen molar-refractivity contribution >= 4 is 11.4 Å². The molecule has 0 bridgehead atoms. The maximum atomic E-state index is 10.00. The SMILES string of the molecule is Cc1ccc(CC(CO)Nc2ccccc2NC(c2ccc(C)cc2)C2CC2)cc1. The summed E-state index contributed by atoms with van der Waals surface area (Å²) in [4.78, 5) is 0. The second kappa shape index (κ2) is 9.36. The molecule has 0 amide bonds. The second-order valence-corrected chi connectivity index (χ2v) is 8.63. The van der Waals surface area contributed by atoms with Gasteiger partial charge in [0.05, 0.1) is 30.1 Å². The van der Waals surface area contributed by atoms with Crippen molar-refractivity contribution in [2.75, 3.05) is 17.2 Å². The van der Waals surface area contributed by atoms with E-state index in [0.29, 0.717) is 12.0 Å². The van der Waals surface area contributed by atoms with Crippen LogP contribution in [0.5, 0.6) is 0 Å². The quantitative estimate of drug-likeness (QED) is 0.420. The van der Waals surface area contributed by atoms with Crippen LogP contribution >= 0.6 is 0 Å². The summed E-state index contributed by atoms with van der Waals surface area (Å²) in [7, 11) is 0. The maximum absolute atomic E-state index is 10.00. The van der Waals surface area contributed by atoms with Crippen molar-refractivity contribution in [2.45, 2.75) is 45.2 Å². The molecule has 0 saturated heterocycles. The van der Waals surface area contributed by atoms with Crippen molar-refractivity contribution in [2.24, 2.45) is 5.92 Å². The summed E-state index contributed by atoms with van der Waals surface area (Å²) in [6.45, 7) is 4.32. The Labute approximate surface area is 180 Å². The van der Waals surface area contributed by atoms with Crippen molar-refractivity contribution in [1.82, 2.24) is 0 Å². The molecule has 30 heavy (non-hydrogen) atoms. The minimum Gasteiger partial charge on any atom is -0.394 e. The number of hydrogen-bond acceptors (Lipinski definition) is 3. The Hall–Kier alpha value is -2.78. The van der Waals surface area contributed by atoms with Gasteiger partial charge in [-0.25, -0.2) is 0 Å². The van der Waals surface area contributed by atoms with Gasteiger partial charge in [-0.15, -0.1) is 0 Å². The Morgan fingerprint density at radius 3 is 1.93 bits per heavy atom. The molecule has 1 aliphatic rings. The number of nitrogens with one attached hydrogen (secondary N) is 2. The molecule has 0 heterocycles. The molecule has 0 aromatic heterocycles. The summed E-state index contributed by atoms with van der Waals surface area (Å²) >= 11 is 0. The lowest BCUT2D eigenvalue weighted by Gasteiger charge is -2.25.